The van der Waals surface area contributed by atoms with E-state index in [4.69, 9.17) is 23.8 Å². The van der Waals surface area contributed by atoms with Gasteiger partial charge in [0.2, 0.25) is 0 Å². The number of aryl methyl sites for hydroxylation is 1. The predicted octanol–water partition coefficient (Wildman–Crippen LogP) is 3.96. The number of thiocarbonyl (C=S) groups is 1. The lowest BCUT2D eigenvalue weighted by molar-refractivity contribution is 1.14. The van der Waals surface area contributed by atoms with Crippen LogP contribution < -0.4 is 16.2 Å². The summed E-state index contributed by atoms with van der Waals surface area (Å²) in [6.45, 7) is 1.96. The van der Waals surface area contributed by atoms with Gasteiger partial charge in [-0.15, -0.1) is 0 Å². The highest BCUT2D eigenvalue weighted by molar-refractivity contribution is 7.80. The molecule has 0 radical (unpaired) electrons. The molecule has 3 nitrogen and oxygen atoms in total. The maximum atomic E-state index is 6.05. The minimum absolute atomic E-state index is 0.476. The number of rotatable bonds is 3. The van der Waals surface area contributed by atoms with Gasteiger partial charge in [0.05, 0.1) is 5.69 Å². The first-order valence-electron chi connectivity index (χ1n) is 5.79. The summed E-state index contributed by atoms with van der Waals surface area (Å²) in [5.41, 5.74) is 8.74. The van der Waals surface area contributed by atoms with Gasteiger partial charge in [0.25, 0.3) is 0 Å². The Labute approximate surface area is 123 Å². The van der Waals surface area contributed by atoms with E-state index in [1.54, 1.807) is 0 Å². The quantitative estimate of drug-likeness (QED) is 0.591. The van der Waals surface area contributed by atoms with Crippen molar-refractivity contribution in [2.24, 2.45) is 0 Å². The fourth-order valence-corrected chi connectivity index (χ4v) is 1.83. The van der Waals surface area contributed by atoms with Gasteiger partial charge in [-0.25, -0.2) is 0 Å². The van der Waals surface area contributed by atoms with Gasteiger partial charge in [0.15, 0.2) is 5.11 Å². The van der Waals surface area contributed by atoms with Crippen LogP contribution in [-0.4, -0.2) is 5.11 Å². The molecule has 2 aromatic carbocycles. The van der Waals surface area contributed by atoms with Crippen LogP contribution in [0.5, 0.6) is 0 Å². The van der Waals surface area contributed by atoms with E-state index in [-0.39, 0.29) is 0 Å². The number of anilines is 2. The maximum Gasteiger partial charge on any atom is 0.189 e. The maximum absolute atomic E-state index is 6.05. The molecular weight excluding hydrogens is 278 g/mol. The fraction of sp³-hybridized carbons (Fsp3) is 0.0714. The second-order valence-electron chi connectivity index (χ2n) is 4.03. The van der Waals surface area contributed by atoms with E-state index in [9.17, 15) is 0 Å². The van der Waals surface area contributed by atoms with E-state index in [1.165, 1.54) is 0 Å². The van der Waals surface area contributed by atoms with Crippen molar-refractivity contribution in [1.29, 1.82) is 0 Å². The normalized spacial score (nSPS) is 9.79. The molecule has 0 aromatic heterocycles. The summed E-state index contributed by atoms with van der Waals surface area (Å²) >= 11 is 11.2. The molecule has 0 aliphatic rings. The summed E-state index contributed by atoms with van der Waals surface area (Å²) in [4.78, 5) is 0. The molecule has 98 valence electrons. The van der Waals surface area contributed by atoms with Crippen molar-refractivity contribution < 1.29 is 0 Å². The Morgan fingerprint density at radius 2 is 1.79 bits per heavy atom. The first-order valence-corrected chi connectivity index (χ1v) is 6.58. The Balaban J connectivity index is 1.89. The highest BCUT2D eigenvalue weighted by Gasteiger charge is 2.00. The van der Waals surface area contributed by atoms with Crippen LogP contribution >= 0.6 is 23.8 Å². The van der Waals surface area contributed by atoms with Crippen LogP contribution in [0.1, 0.15) is 5.56 Å². The average molecular weight is 292 g/mol. The summed E-state index contributed by atoms with van der Waals surface area (Å²) < 4.78 is 0. The van der Waals surface area contributed by atoms with Gasteiger partial charge in [0.1, 0.15) is 0 Å². The largest absolute Gasteiger partial charge is 0.331 e. The molecule has 0 amide bonds. The molecular formula is C14H14ClN3S. The Kier molecular flexibility index (Phi) is 4.60. The van der Waals surface area contributed by atoms with Gasteiger partial charge >= 0.3 is 0 Å². The Bertz CT molecular complexity index is 572. The number of hydrazine groups is 1. The van der Waals surface area contributed by atoms with E-state index in [0.29, 0.717) is 10.1 Å². The smallest absolute Gasteiger partial charge is 0.189 e. The van der Waals surface area contributed by atoms with Crippen molar-refractivity contribution in [2.45, 2.75) is 6.92 Å². The SMILES string of the molecule is Cc1ccc(NC(=S)NNc2ccccc2)cc1Cl. The summed E-state index contributed by atoms with van der Waals surface area (Å²) in [5, 5.41) is 4.24. The highest BCUT2D eigenvalue weighted by atomic mass is 35.5. The summed E-state index contributed by atoms with van der Waals surface area (Å²) in [5.74, 6) is 0. The Morgan fingerprint density at radius 1 is 1.05 bits per heavy atom. The highest BCUT2D eigenvalue weighted by Crippen LogP contribution is 2.19. The molecule has 5 heteroatoms. The van der Waals surface area contributed by atoms with E-state index in [0.717, 1.165) is 16.9 Å². The van der Waals surface area contributed by atoms with Gasteiger partial charge in [-0.2, -0.15) is 0 Å². The third-order valence-electron chi connectivity index (χ3n) is 2.52. The Morgan fingerprint density at radius 3 is 2.47 bits per heavy atom. The number of halogens is 1. The average Bonchev–Trinajstić information content (AvgIpc) is 2.42. The van der Waals surface area contributed by atoms with Crippen molar-refractivity contribution in [3.8, 4) is 0 Å². The van der Waals surface area contributed by atoms with E-state index < -0.39 is 0 Å². The minimum atomic E-state index is 0.476. The molecule has 0 saturated heterocycles. The lowest BCUT2D eigenvalue weighted by atomic mass is 10.2. The summed E-state index contributed by atoms with van der Waals surface area (Å²) in [6, 6.07) is 15.4. The molecule has 0 spiro atoms. The summed E-state index contributed by atoms with van der Waals surface area (Å²) in [6.07, 6.45) is 0. The molecule has 0 atom stereocenters. The monoisotopic (exact) mass is 291 g/mol. The van der Waals surface area contributed by atoms with Crippen LogP contribution in [0.3, 0.4) is 0 Å². The molecule has 0 fully saturated rings. The molecule has 0 heterocycles. The van der Waals surface area contributed by atoms with E-state index in [1.807, 2.05) is 55.5 Å². The van der Waals surface area contributed by atoms with Gasteiger partial charge in [-0.1, -0.05) is 35.9 Å². The molecule has 0 saturated carbocycles. The fourth-order valence-electron chi connectivity index (χ4n) is 1.48. The Hall–Kier alpha value is -1.78. The third kappa shape index (κ3) is 4.12. The van der Waals surface area contributed by atoms with Crippen LogP contribution in [0, 0.1) is 6.92 Å². The first kappa shape index (κ1) is 13.6. The van der Waals surface area contributed by atoms with Crippen LogP contribution in [0.25, 0.3) is 0 Å². The topological polar surface area (TPSA) is 36.1 Å². The summed E-state index contributed by atoms with van der Waals surface area (Å²) in [7, 11) is 0. The number of hydrogen-bond acceptors (Lipinski definition) is 2. The number of benzene rings is 2. The van der Waals surface area contributed by atoms with Crippen LogP contribution in [0.4, 0.5) is 11.4 Å². The van der Waals surface area contributed by atoms with Gasteiger partial charge in [-0.05, 0) is 49.0 Å². The number of nitrogens with one attached hydrogen (secondary N) is 3. The second-order valence-corrected chi connectivity index (χ2v) is 4.85. The van der Waals surface area contributed by atoms with Crippen LogP contribution in [-0.2, 0) is 0 Å². The standard InChI is InChI=1S/C14H14ClN3S/c1-10-7-8-12(9-13(10)15)16-14(19)18-17-11-5-3-2-4-6-11/h2-9,17H,1H3,(H2,16,18,19). The zero-order valence-electron chi connectivity index (χ0n) is 10.4. The van der Waals surface area contributed by atoms with Crippen LogP contribution in [0.15, 0.2) is 48.5 Å². The van der Waals surface area contributed by atoms with Gasteiger partial charge in [0, 0.05) is 10.7 Å². The van der Waals surface area contributed by atoms with Crippen molar-refractivity contribution in [1.82, 2.24) is 5.43 Å². The molecule has 2 aromatic rings. The third-order valence-corrected chi connectivity index (χ3v) is 3.14. The zero-order chi connectivity index (χ0) is 13.7. The van der Waals surface area contributed by atoms with Crippen molar-refractivity contribution in [2.75, 3.05) is 10.7 Å². The molecule has 3 N–H and O–H groups in total. The van der Waals surface area contributed by atoms with E-state index >= 15 is 0 Å². The van der Waals surface area contributed by atoms with Crippen LogP contribution in [0.2, 0.25) is 5.02 Å². The van der Waals surface area contributed by atoms with Crippen molar-refractivity contribution in [3.05, 3.63) is 59.1 Å². The zero-order valence-corrected chi connectivity index (χ0v) is 12.0. The molecule has 2 rings (SSSR count). The van der Waals surface area contributed by atoms with Crippen molar-refractivity contribution in [3.63, 3.8) is 0 Å². The van der Waals surface area contributed by atoms with Crippen molar-refractivity contribution >= 4 is 40.3 Å². The molecule has 0 unspecified atom stereocenters. The lowest BCUT2D eigenvalue weighted by Gasteiger charge is -2.13. The molecule has 19 heavy (non-hydrogen) atoms. The minimum Gasteiger partial charge on any atom is -0.331 e. The predicted molar refractivity (Wildman–Crippen MR) is 85.6 cm³/mol. The molecule has 0 bridgehead atoms. The first-order chi connectivity index (χ1) is 9.15. The van der Waals surface area contributed by atoms with Gasteiger partial charge < -0.3 is 5.32 Å². The molecule has 0 aliphatic carbocycles. The molecule has 0 aliphatic heterocycles. The second kappa shape index (κ2) is 6.41. The van der Waals surface area contributed by atoms with Gasteiger partial charge in [-0.3, -0.25) is 10.9 Å². The number of hydrogen-bond donors (Lipinski definition) is 3. The lowest BCUT2D eigenvalue weighted by Crippen LogP contribution is -2.33. The van der Waals surface area contributed by atoms with E-state index in [2.05, 4.69) is 16.2 Å². The number of para-hydroxylation sites is 1.